The lowest BCUT2D eigenvalue weighted by Crippen LogP contribution is -3.15. The first-order chi connectivity index (χ1) is 11.1. The van der Waals surface area contributed by atoms with Crippen molar-refractivity contribution in [1.29, 1.82) is 0 Å². The van der Waals surface area contributed by atoms with Crippen molar-refractivity contribution < 1.29 is 14.7 Å². The van der Waals surface area contributed by atoms with Gasteiger partial charge in [0.25, 0.3) is 5.82 Å². The summed E-state index contributed by atoms with van der Waals surface area (Å²) in [5, 5.41) is 0. The number of aromatic amines is 1. The Balaban J connectivity index is 1.57. The number of Topliss-reactive ketones (excluding diaryl/α,β-unsaturated/α-hetero) is 1. The number of aromatic nitrogens is 1. The third-order valence-electron chi connectivity index (χ3n) is 4.60. The molecule has 1 aromatic heterocycles. The summed E-state index contributed by atoms with van der Waals surface area (Å²) in [4.78, 5) is 19.6. The molecule has 0 spiro atoms. The van der Waals surface area contributed by atoms with E-state index in [1.807, 2.05) is 31.3 Å². The van der Waals surface area contributed by atoms with Crippen molar-refractivity contribution in [3.8, 4) is 0 Å². The first-order valence-electron chi connectivity index (χ1n) is 8.29. The summed E-state index contributed by atoms with van der Waals surface area (Å²) in [7, 11) is 0. The van der Waals surface area contributed by atoms with Gasteiger partial charge in [0, 0.05) is 11.6 Å². The number of pyridine rings is 1. The molecule has 2 aromatic rings. The summed E-state index contributed by atoms with van der Waals surface area (Å²) < 4.78 is 0. The predicted molar refractivity (Wildman–Crippen MR) is 91.0 cm³/mol. The van der Waals surface area contributed by atoms with Gasteiger partial charge >= 0.3 is 0 Å². The van der Waals surface area contributed by atoms with Gasteiger partial charge in [-0.05, 0) is 25.5 Å². The standard InChI is InChI=1S/C19H23N3O/c1-15-6-7-17(16(2)13-15)18(23)14-21-9-11-22(12-10-21)19-5-3-4-8-20-19/h3-8,13H,9-12,14H2,1-2H3/p+2. The molecule has 2 heterocycles. The number of carbonyl (C=O) groups is 1. The minimum Gasteiger partial charge on any atom is -0.322 e. The molecule has 0 aliphatic carbocycles. The second-order valence-corrected chi connectivity index (χ2v) is 6.40. The molecule has 4 heteroatoms. The number of anilines is 1. The molecule has 1 aliphatic rings. The van der Waals surface area contributed by atoms with E-state index in [0.29, 0.717) is 6.54 Å². The lowest BCUT2D eigenvalue weighted by molar-refractivity contribution is -0.892. The van der Waals surface area contributed by atoms with Crippen LogP contribution in [0.1, 0.15) is 21.5 Å². The fraction of sp³-hybridized carbons (Fsp3) is 0.368. The zero-order chi connectivity index (χ0) is 16.2. The average Bonchev–Trinajstić information content (AvgIpc) is 2.56. The molecule has 0 amide bonds. The van der Waals surface area contributed by atoms with Crippen molar-refractivity contribution in [3.05, 3.63) is 59.3 Å². The van der Waals surface area contributed by atoms with E-state index in [0.717, 1.165) is 43.1 Å². The van der Waals surface area contributed by atoms with E-state index >= 15 is 0 Å². The van der Waals surface area contributed by atoms with Crippen LogP contribution in [0.4, 0.5) is 5.82 Å². The van der Waals surface area contributed by atoms with E-state index in [2.05, 4.69) is 35.0 Å². The van der Waals surface area contributed by atoms with Crippen molar-refractivity contribution in [2.45, 2.75) is 13.8 Å². The second kappa shape index (κ2) is 6.92. The van der Waals surface area contributed by atoms with Gasteiger partial charge < -0.3 is 4.90 Å². The summed E-state index contributed by atoms with van der Waals surface area (Å²) in [5.41, 5.74) is 3.17. The molecule has 23 heavy (non-hydrogen) atoms. The molecule has 1 aliphatic heterocycles. The fourth-order valence-electron chi connectivity index (χ4n) is 3.27. The minimum atomic E-state index is 0.261. The molecular weight excluding hydrogens is 286 g/mol. The minimum absolute atomic E-state index is 0.261. The summed E-state index contributed by atoms with van der Waals surface area (Å²) in [5.74, 6) is 1.42. The third-order valence-corrected chi connectivity index (χ3v) is 4.60. The molecule has 1 saturated heterocycles. The van der Waals surface area contributed by atoms with Crippen LogP contribution in [0.2, 0.25) is 0 Å². The van der Waals surface area contributed by atoms with Gasteiger partial charge in [0.1, 0.15) is 32.7 Å². The van der Waals surface area contributed by atoms with Gasteiger partial charge in [-0.2, -0.15) is 0 Å². The Morgan fingerprint density at radius 1 is 1.17 bits per heavy atom. The van der Waals surface area contributed by atoms with E-state index in [1.165, 1.54) is 10.5 Å². The van der Waals surface area contributed by atoms with E-state index < -0.39 is 0 Å². The number of ketones is 1. The lowest BCUT2D eigenvalue weighted by atomic mass is 10.0. The van der Waals surface area contributed by atoms with Crippen LogP contribution in [0.25, 0.3) is 0 Å². The molecule has 2 N–H and O–H groups in total. The highest BCUT2D eigenvalue weighted by atomic mass is 16.1. The van der Waals surface area contributed by atoms with Crippen molar-refractivity contribution in [2.75, 3.05) is 37.6 Å². The van der Waals surface area contributed by atoms with Gasteiger partial charge in [0.05, 0.1) is 6.20 Å². The van der Waals surface area contributed by atoms with Gasteiger partial charge in [-0.15, -0.1) is 0 Å². The number of piperazine rings is 1. The first-order valence-corrected chi connectivity index (χ1v) is 8.29. The SMILES string of the molecule is Cc1ccc(C(=O)C[NH+]2CCN(c3cccc[nH+]3)CC2)c(C)c1. The number of benzene rings is 1. The van der Waals surface area contributed by atoms with Gasteiger partial charge in [-0.3, -0.25) is 9.69 Å². The maximum atomic E-state index is 12.6. The third kappa shape index (κ3) is 3.77. The molecule has 4 nitrogen and oxygen atoms in total. The topological polar surface area (TPSA) is 38.9 Å². The van der Waals surface area contributed by atoms with Crippen LogP contribution in [0.15, 0.2) is 42.6 Å². The number of carbonyl (C=O) groups excluding carboxylic acids is 1. The Hall–Kier alpha value is -2.20. The summed E-state index contributed by atoms with van der Waals surface area (Å²) in [6.45, 7) is 8.64. The Morgan fingerprint density at radius 2 is 1.96 bits per heavy atom. The normalized spacial score (nSPS) is 15.7. The van der Waals surface area contributed by atoms with Crippen LogP contribution in [0.3, 0.4) is 0 Å². The largest absolute Gasteiger partial charge is 0.322 e. The molecule has 0 unspecified atom stereocenters. The van der Waals surface area contributed by atoms with Gasteiger partial charge in [-0.25, -0.2) is 4.98 Å². The molecule has 0 saturated carbocycles. The van der Waals surface area contributed by atoms with Crippen LogP contribution in [0, 0.1) is 13.8 Å². The molecule has 0 atom stereocenters. The van der Waals surface area contributed by atoms with Gasteiger partial charge in [-0.1, -0.05) is 29.8 Å². The number of nitrogens with one attached hydrogen (secondary N) is 2. The van der Waals surface area contributed by atoms with E-state index in [4.69, 9.17) is 0 Å². The highest BCUT2D eigenvalue weighted by molar-refractivity contribution is 5.98. The number of rotatable bonds is 4. The molecule has 0 radical (unpaired) electrons. The number of H-pyrrole nitrogens is 1. The number of hydrogen-bond donors (Lipinski definition) is 1. The van der Waals surface area contributed by atoms with Crippen LogP contribution < -0.4 is 14.8 Å². The van der Waals surface area contributed by atoms with Crippen LogP contribution >= 0.6 is 0 Å². The highest BCUT2D eigenvalue weighted by Gasteiger charge is 2.27. The molecule has 120 valence electrons. The Kier molecular flexibility index (Phi) is 4.72. The number of hydrogen-bond acceptors (Lipinski definition) is 2. The highest BCUT2D eigenvalue weighted by Crippen LogP contribution is 2.10. The Labute approximate surface area is 137 Å². The fourth-order valence-corrected chi connectivity index (χ4v) is 3.27. The van der Waals surface area contributed by atoms with Gasteiger partial charge in [0.15, 0.2) is 0 Å². The van der Waals surface area contributed by atoms with Crippen molar-refractivity contribution in [3.63, 3.8) is 0 Å². The molecule has 1 aromatic carbocycles. The summed E-state index contributed by atoms with van der Waals surface area (Å²) in [6, 6.07) is 12.2. The van der Waals surface area contributed by atoms with Crippen molar-refractivity contribution in [2.24, 2.45) is 0 Å². The van der Waals surface area contributed by atoms with Crippen LogP contribution in [0.5, 0.6) is 0 Å². The van der Waals surface area contributed by atoms with Crippen molar-refractivity contribution in [1.82, 2.24) is 0 Å². The summed E-state index contributed by atoms with van der Waals surface area (Å²) in [6.07, 6.45) is 1.96. The van der Waals surface area contributed by atoms with E-state index in [1.54, 1.807) is 0 Å². The second-order valence-electron chi connectivity index (χ2n) is 6.40. The van der Waals surface area contributed by atoms with Gasteiger partial charge in [0.2, 0.25) is 5.78 Å². The number of nitrogens with zero attached hydrogens (tertiary/aromatic N) is 1. The zero-order valence-corrected chi connectivity index (χ0v) is 13.9. The smallest absolute Gasteiger partial charge is 0.274 e. The lowest BCUT2D eigenvalue weighted by Gasteiger charge is -2.28. The Morgan fingerprint density at radius 3 is 2.61 bits per heavy atom. The monoisotopic (exact) mass is 311 g/mol. The number of aryl methyl sites for hydroxylation is 2. The molecule has 1 fully saturated rings. The predicted octanol–water partition coefficient (Wildman–Crippen LogP) is 0.705. The molecular formula is C19H25N3O+2. The Bertz CT molecular complexity index is 676. The van der Waals surface area contributed by atoms with Crippen LogP contribution in [-0.2, 0) is 0 Å². The molecule has 3 rings (SSSR count). The van der Waals surface area contributed by atoms with Crippen molar-refractivity contribution >= 4 is 11.6 Å². The van der Waals surface area contributed by atoms with E-state index in [9.17, 15) is 4.79 Å². The van der Waals surface area contributed by atoms with Crippen LogP contribution in [-0.4, -0.2) is 38.5 Å². The maximum absolute atomic E-state index is 12.6. The average molecular weight is 311 g/mol. The summed E-state index contributed by atoms with van der Waals surface area (Å²) >= 11 is 0. The van der Waals surface area contributed by atoms with E-state index in [-0.39, 0.29) is 5.78 Å². The maximum Gasteiger partial charge on any atom is 0.274 e. The quantitative estimate of drug-likeness (QED) is 0.845. The molecule has 0 bridgehead atoms. The first kappa shape index (κ1) is 15.7. The zero-order valence-electron chi connectivity index (χ0n) is 13.9. The number of quaternary nitrogens is 1.